The van der Waals surface area contributed by atoms with E-state index in [4.69, 9.17) is 4.52 Å². The summed E-state index contributed by atoms with van der Waals surface area (Å²) in [6.45, 7) is 7.56. The molecule has 0 saturated carbocycles. The molecule has 1 atom stereocenters. The van der Waals surface area contributed by atoms with Gasteiger partial charge in [0.1, 0.15) is 0 Å². The summed E-state index contributed by atoms with van der Waals surface area (Å²) in [6.07, 6.45) is 6.01. The van der Waals surface area contributed by atoms with Crippen molar-refractivity contribution in [3.63, 3.8) is 0 Å². The molecule has 2 N–H and O–H groups in total. The van der Waals surface area contributed by atoms with Crippen molar-refractivity contribution in [3.8, 4) is 0 Å². The van der Waals surface area contributed by atoms with Gasteiger partial charge >= 0.3 is 104 Å². The van der Waals surface area contributed by atoms with Crippen molar-refractivity contribution in [2.24, 2.45) is 0 Å². The van der Waals surface area contributed by atoms with Crippen LogP contribution < -0.4 is 0 Å². The Morgan fingerprint density at radius 1 is 1.18 bits per heavy atom. The SMILES string of the molecule is CCCCN1C=CN(CC)C1O[PH](O)(O)CC. The second kappa shape index (κ2) is 6.55. The molecule has 0 fully saturated rings. The Labute approximate surface area is 104 Å². The van der Waals surface area contributed by atoms with Crippen molar-refractivity contribution in [2.75, 3.05) is 19.3 Å². The molecule has 0 aliphatic carbocycles. The Balaban J connectivity index is 2.62. The van der Waals surface area contributed by atoms with Gasteiger partial charge in [-0.1, -0.05) is 0 Å². The van der Waals surface area contributed by atoms with Gasteiger partial charge in [-0.2, -0.15) is 0 Å². The van der Waals surface area contributed by atoms with Crippen LogP contribution in [0.2, 0.25) is 0 Å². The molecule has 1 aliphatic heterocycles. The first-order valence-corrected chi connectivity index (χ1v) is 8.37. The molecule has 1 rings (SSSR count). The summed E-state index contributed by atoms with van der Waals surface area (Å²) < 4.78 is 5.50. The van der Waals surface area contributed by atoms with Crippen LogP contribution in [0.3, 0.4) is 0 Å². The van der Waals surface area contributed by atoms with Crippen LogP contribution in [0.1, 0.15) is 33.6 Å². The number of unbranched alkanes of at least 4 members (excludes halogenated alkanes) is 1. The molecule has 0 aromatic heterocycles. The minimum atomic E-state index is -3.50. The van der Waals surface area contributed by atoms with E-state index in [9.17, 15) is 9.79 Å². The molecule has 1 unspecified atom stereocenters. The molecule has 0 saturated heterocycles. The van der Waals surface area contributed by atoms with Gasteiger partial charge in [-0.15, -0.1) is 0 Å². The molecule has 1 aliphatic rings. The third-order valence-electron chi connectivity index (χ3n) is 2.91. The van der Waals surface area contributed by atoms with Crippen molar-refractivity contribution in [1.29, 1.82) is 0 Å². The van der Waals surface area contributed by atoms with E-state index in [-0.39, 0.29) is 12.5 Å². The molecule has 0 aromatic rings. The number of rotatable bonds is 7. The monoisotopic (exact) mass is 264 g/mol. The van der Waals surface area contributed by atoms with Gasteiger partial charge in [0, 0.05) is 0 Å². The van der Waals surface area contributed by atoms with Gasteiger partial charge in [-0.3, -0.25) is 0 Å². The van der Waals surface area contributed by atoms with Crippen molar-refractivity contribution < 1.29 is 14.3 Å². The number of hydrogen-bond acceptors (Lipinski definition) is 5. The van der Waals surface area contributed by atoms with Gasteiger partial charge in [-0.25, -0.2) is 0 Å². The summed E-state index contributed by atoms with van der Waals surface area (Å²) in [6, 6.07) is 0. The van der Waals surface area contributed by atoms with E-state index in [1.165, 1.54) is 0 Å². The molecule has 102 valence electrons. The van der Waals surface area contributed by atoms with E-state index in [2.05, 4.69) is 6.92 Å². The molecule has 5 nitrogen and oxygen atoms in total. The van der Waals surface area contributed by atoms with E-state index in [1.54, 1.807) is 6.92 Å². The van der Waals surface area contributed by atoms with E-state index in [0.717, 1.165) is 25.9 Å². The predicted octanol–water partition coefficient (Wildman–Crippen LogP) is 1.69. The first-order chi connectivity index (χ1) is 8.04. The Morgan fingerprint density at radius 2 is 1.82 bits per heavy atom. The average Bonchev–Trinajstić information content (AvgIpc) is 2.68. The summed E-state index contributed by atoms with van der Waals surface area (Å²) in [7, 11) is -3.50. The van der Waals surface area contributed by atoms with E-state index in [1.807, 2.05) is 29.1 Å². The van der Waals surface area contributed by atoms with Gasteiger partial charge in [0.05, 0.1) is 0 Å². The van der Waals surface area contributed by atoms with Gasteiger partial charge in [0.15, 0.2) is 0 Å². The molecule has 0 bridgehead atoms. The summed E-state index contributed by atoms with van der Waals surface area (Å²) >= 11 is 0. The molecular formula is C11H25N2O3P. The van der Waals surface area contributed by atoms with Crippen molar-refractivity contribution in [3.05, 3.63) is 12.4 Å². The molecule has 0 aromatic carbocycles. The zero-order valence-electron chi connectivity index (χ0n) is 11.0. The van der Waals surface area contributed by atoms with Crippen LogP contribution in [0.5, 0.6) is 0 Å². The van der Waals surface area contributed by atoms with Crippen LogP contribution in [0.15, 0.2) is 12.4 Å². The summed E-state index contributed by atoms with van der Waals surface area (Å²) in [5.74, 6) is 0. The molecule has 17 heavy (non-hydrogen) atoms. The van der Waals surface area contributed by atoms with E-state index < -0.39 is 7.94 Å². The Hall–Kier alpha value is -0.350. The first-order valence-electron chi connectivity index (χ1n) is 6.36. The fourth-order valence-electron chi connectivity index (χ4n) is 1.68. The standard InChI is InChI=1S/C11H25N2O3P/c1-4-7-8-13-10-9-12(5-2)11(13)16-17(14,15)6-3/h9-11,14-15,17H,4-8H2,1-3H3. The molecule has 0 radical (unpaired) electrons. The van der Waals surface area contributed by atoms with E-state index >= 15 is 0 Å². The molecular weight excluding hydrogens is 239 g/mol. The molecule has 0 spiro atoms. The fourth-order valence-corrected chi connectivity index (χ4v) is 2.46. The first kappa shape index (κ1) is 14.7. The van der Waals surface area contributed by atoms with Crippen LogP contribution in [-0.4, -0.2) is 45.2 Å². The molecule has 1 heterocycles. The van der Waals surface area contributed by atoms with Crippen LogP contribution >= 0.6 is 7.94 Å². The van der Waals surface area contributed by atoms with Crippen molar-refractivity contribution in [2.45, 2.75) is 40.0 Å². The predicted molar refractivity (Wildman–Crippen MR) is 71.3 cm³/mol. The summed E-state index contributed by atoms with van der Waals surface area (Å²) in [4.78, 5) is 23.5. The Kier molecular flexibility index (Phi) is 5.67. The zero-order valence-corrected chi connectivity index (χ0v) is 12.0. The van der Waals surface area contributed by atoms with Gasteiger partial charge < -0.3 is 0 Å². The van der Waals surface area contributed by atoms with Gasteiger partial charge in [0.2, 0.25) is 0 Å². The second-order valence-corrected chi connectivity index (χ2v) is 6.69. The topological polar surface area (TPSA) is 56.2 Å². The normalized spacial score (nSPS) is 21.4. The summed E-state index contributed by atoms with van der Waals surface area (Å²) in [5, 5.41) is 0. The van der Waals surface area contributed by atoms with Crippen LogP contribution in [0.25, 0.3) is 0 Å². The fraction of sp³-hybridized carbons (Fsp3) is 0.818. The maximum absolute atomic E-state index is 9.73. The van der Waals surface area contributed by atoms with Crippen molar-refractivity contribution >= 4 is 7.94 Å². The third kappa shape index (κ3) is 4.11. The molecule has 6 heteroatoms. The van der Waals surface area contributed by atoms with Gasteiger partial charge in [-0.05, 0) is 0 Å². The second-order valence-electron chi connectivity index (χ2n) is 4.26. The van der Waals surface area contributed by atoms with Crippen LogP contribution in [0.4, 0.5) is 0 Å². The quantitative estimate of drug-likeness (QED) is 0.685. The molecule has 0 amide bonds. The Morgan fingerprint density at radius 3 is 2.35 bits per heavy atom. The minimum absolute atomic E-state index is 0.280. The Bertz CT molecular complexity index is 261. The van der Waals surface area contributed by atoms with E-state index in [0.29, 0.717) is 0 Å². The summed E-state index contributed by atoms with van der Waals surface area (Å²) in [5.41, 5.74) is 0. The average molecular weight is 264 g/mol. The van der Waals surface area contributed by atoms with Crippen molar-refractivity contribution in [1.82, 2.24) is 9.80 Å². The van der Waals surface area contributed by atoms with Gasteiger partial charge in [0.25, 0.3) is 0 Å². The van der Waals surface area contributed by atoms with Crippen LogP contribution in [-0.2, 0) is 4.52 Å². The van der Waals surface area contributed by atoms with Crippen LogP contribution in [0, 0.1) is 0 Å². The zero-order chi connectivity index (χ0) is 12.9. The number of hydrogen-bond donors (Lipinski definition) is 2. The third-order valence-corrected chi connectivity index (χ3v) is 4.42. The number of nitrogens with zero attached hydrogens (tertiary/aromatic N) is 2. The maximum atomic E-state index is 9.73.